The van der Waals surface area contributed by atoms with Crippen LogP contribution < -0.4 is 0 Å². The van der Waals surface area contributed by atoms with Crippen LogP contribution in [0.2, 0.25) is 0 Å². The lowest BCUT2D eigenvalue weighted by atomic mass is 10.2. The molecule has 0 N–H and O–H groups in total. The van der Waals surface area contributed by atoms with Crippen molar-refractivity contribution in [3.8, 4) is 11.5 Å². The van der Waals surface area contributed by atoms with Crippen molar-refractivity contribution in [1.82, 2.24) is 14.8 Å². The van der Waals surface area contributed by atoms with E-state index in [4.69, 9.17) is 4.42 Å². The molecule has 0 spiro atoms. The van der Waals surface area contributed by atoms with Crippen LogP contribution in [0, 0.1) is 24.0 Å². The molecule has 0 saturated carbocycles. The van der Waals surface area contributed by atoms with Crippen LogP contribution in [0.5, 0.6) is 0 Å². The topological polar surface area (TPSA) is 104 Å². The quantitative estimate of drug-likeness (QED) is 0.238. The second kappa shape index (κ2) is 8.39. The molecular formula is C19H20N4O4S. The van der Waals surface area contributed by atoms with Crippen LogP contribution in [-0.4, -0.2) is 31.2 Å². The lowest BCUT2D eigenvalue weighted by Crippen LogP contribution is -2.06. The molecule has 2 aromatic heterocycles. The van der Waals surface area contributed by atoms with Crippen molar-refractivity contribution in [3.05, 3.63) is 57.4 Å². The van der Waals surface area contributed by atoms with Gasteiger partial charge in [0.05, 0.1) is 10.7 Å². The molecule has 0 aliphatic heterocycles. The Hall–Kier alpha value is -2.94. The largest absolute Gasteiger partial charge is 0.411 e. The van der Waals surface area contributed by atoms with Gasteiger partial charge in [-0.1, -0.05) is 24.8 Å². The Morgan fingerprint density at radius 1 is 1.29 bits per heavy atom. The van der Waals surface area contributed by atoms with Crippen LogP contribution >= 0.6 is 11.8 Å². The third-order valence-electron chi connectivity index (χ3n) is 4.36. The number of hydrogen-bond donors (Lipinski definition) is 0. The molecule has 146 valence electrons. The number of benzene rings is 1. The van der Waals surface area contributed by atoms with Gasteiger partial charge in [0.1, 0.15) is 0 Å². The third-order valence-corrected chi connectivity index (χ3v) is 5.18. The summed E-state index contributed by atoms with van der Waals surface area (Å²) in [7, 11) is 0. The van der Waals surface area contributed by atoms with Crippen molar-refractivity contribution < 1.29 is 14.1 Å². The lowest BCUT2D eigenvalue weighted by Gasteiger charge is -2.07. The number of aryl methyl sites for hydroxylation is 1. The van der Waals surface area contributed by atoms with Crippen molar-refractivity contribution >= 4 is 23.2 Å². The molecular weight excluding hydrogens is 380 g/mol. The molecule has 0 unspecified atom stereocenters. The maximum atomic E-state index is 12.6. The number of nitro groups is 1. The Labute approximate surface area is 166 Å². The average molecular weight is 400 g/mol. The van der Waals surface area contributed by atoms with E-state index < -0.39 is 4.92 Å². The van der Waals surface area contributed by atoms with E-state index in [1.807, 2.05) is 19.9 Å². The van der Waals surface area contributed by atoms with Crippen LogP contribution in [-0.2, 0) is 6.54 Å². The van der Waals surface area contributed by atoms with Crippen molar-refractivity contribution in [2.24, 2.45) is 0 Å². The predicted octanol–water partition coefficient (Wildman–Crippen LogP) is 4.45. The molecule has 1 aromatic carbocycles. The normalized spacial score (nSPS) is 11.0. The van der Waals surface area contributed by atoms with E-state index in [9.17, 15) is 14.9 Å². The smallest absolute Gasteiger partial charge is 0.277 e. The van der Waals surface area contributed by atoms with Gasteiger partial charge < -0.3 is 8.98 Å². The second-order valence-corrected chi connectivity index (χ2v) is 7.26. The van der Waals surface area contributed by atoms with Crippen molar-refractivity contribution in [3.63, 3.8) is 0 Å². The highest BCUT2D eigenvalue weighted by molar-refractivity contribution is 7.99. The Balaban J connectivity index is 1.69. The standard InChI is InChI=1S/C19H20N4O4S/c1-4-8-22-12(2)9-16(13(22)3)17(24)11-28-19-21-20-18(27-19)14-6-5-7-15(10-14)23(25)26/h5-7,9-10H,4,8,11H2,1-3H3. The van der Waals surface area contributed by atoms with Crippen molar-refractivity contribution in [1.29, 1.82) is 0 Å². The first-order chi connectivity index (χ1) is 13.4. The van der Waals surface area contributed by atoms with Crippen LogP contribution in [0.15, 0.2) is 40.0 Å². The summed E-state index contributed by atoms with van der Waals surface area (Å²) >= 11 is 1.15. The molecule has 0 atom stereocenters. The molecule has 0 bridgehead atoms. The number of hydrogen-bond acceptors (Lipinski definition) is 7. The van der Waals surface area contributed by atoms with Gasteiger partial charge in [-0.25, -0.2) is 0 Å². The molecule has 3 aromatic rings. The summed E-state index contributed by atoms with van der Waals surface area (Å²) in [6, 6.07) is 7.89. The highest BCUT2D eigenvalue weighted by Crippen LogP contribution is 2.27. The van der Waals surface area contributed by atoms with Gasteiger partial charge in [0, 0.05) is 41.2 Å². The molecule has 28 heavy (non-hydrogen) atoms. The zero-order valence-corrected chi connectivity index (χ0v) is 16.7. The molecule has 9 heteroatoms. The summed E-state index contributed by atoms with van der Waals surface area (Å²) in [6.07, 6.45) is 1.00. The fourth-order valence-electron chi connectivity index (χ4n) is 2.99. The second-order valence-electron chi connectivity index (χ2n) is 6.33. The van der Waals surface area contributed by atoms with Gasteiger partial charge in [-0.05, 0) is 32.4 Å². The summed E-state index contributed by atoms with van der Waals surface area (Å²) in [5.74, 6) is 0.350. The monoisotopic (exact) mass is 400 g/mol. The molecule has 3 rings (SSSR count). The summed E-state index contributed by atoms with van der Waals surface area (Å²) in [5, 5.41) is 19.0. The summed E-state index contributed by atoms with van der Waals surface area (Å²) in [6.45, 7) is 6.93. The molecule has 0 amide bonds. The summed E-state index contributed by atoms with van der Waals surface area (Å²) in [5.41, 5.74) is 3.15. The van der Waals surface area contributed by atoms with Gasteiger partial charge in [-0.2, -0.15) is 0 Å². The van der Waals surface area contributed by atoms with Gasteiger partial charge in [-0.15, -0.1) is 10.2 Å². The third kappa shape index (κ3) is 4.14. The van der Waals surface area contributed by atoms with E-state index in [0.29, 0.717) is 11.1 Å². The number of thioether (sulfide) groups is 1. The molecule has 0 aliphatic carbocycles. The minimum atomic E-state index is -0.483. The van der Waals surface area contributed by atoms with Gasteiger partial charge in [0.2, 0.25) is 5.89 Å². The first-order valence-corrected chi connectivity index (χ1v) is 9.80. The number of ketones is 1. The van der Waals surface area contributed by atoms with E-state index in [2.05, 4.69) is 21.7 Å². The van der Waals surface area contributed by atoms with E-state index >= 15 is 0 Å². The Kier molecular flexibility index (Phi) is 5.93. The van der Waals surface area contributed by atoms with Crippen molar-refractivity contribution in [2.45, 2.75) is 39.0 Å². The fourth-order valence-corrected chi connectivity index (χ4v) is 3.64. The molecule has 8 nitrogen and oxygen atoms in total. The first kappa shape index (κ1) is 19.8. The van der Waals surface area contributed by atoms with E-state index in [1.165, 1.54) is 12.1 Å². The van der Waals surface area contributed by atoms with Crippen LogP contribution in [0.3, 0.4) is 0 Å². The summed E-state index contributed by atoms with van der Waals surface area (Å²) in [4.78, 5) is 23.0. The molecule has 0 saturated heterocycles. The minimum absolute atomic E-state index is 0.00412. The number of carbonyl (C=O) groups is 1. The number of carbonyl (C=O) groups excluding carboxylic acids is 1. The van der Waals surface area contributed by atoms with Crippen LogP contribution in [0.25, 0.3) is 11.5 Å². The highest BCUT2D eigenvalue weighted by Gasteiger charge is 2.18. The highest BCUT2D eigenvalue weighted by atomic mass is 32.2. The van der Waals surface area contributed by atoms with E-state index in [1.54, 1.807) is 12.1 Å². The molecule has 0 radical (unpaired) electrons. The Morgan fingerprint density at radius 2 is 2.07 bits per heavy atom. The van der Waals surface area contributed by atoms with Gasteiger partial charge >= 0.3 is 0 Å². The number of nitro benzene ring substituents is 1. The predicted molar refractivity (Wildman–Crippen MR) is 106 cm³/mol. The fraction of sp³-hybridized carbons (Fsp3) is 0.316. The van der Waals surface area contributed by atoms with Gasteiger partial charge in [-0.3, -0.25) is 14.9 Å². The number of nitrogens with zero attached hydrogens (tertiary/aromatic N) is 4. The number of aromatic nitrogens is 3. The van der Waals surface area contributed by atoms with E-state index in [0.717, 1.165) is 36.1 Å². The van der Waals surface area contributed by atoms with Crippen LogP contribution in [0.1, 0.15) is 35.1 Å². The number of non-ortho nitro benzene ring substituents is 1. The van der Waals surface area contributed by atoms with Gasteiger partial charge in [0.25, 0.3) is 10.9 Å². The van der Waals surface area contributed by atoms with Gasteiger partial charge in [0.15, 0.2) is 5.78 Å². The number of Topliss-reactive ketones (excluding diaryl/α,β-unsaturated/α-hetero) is 1. The Bertz CT molecular complexity index is 1020. The molecule has 0 aliphatic rings. The Morgan fingerprint density at radius 3 is 2.79 bits per heavy atom. The maximum absolute atomic E-state index is 12.6. The minimum Gasteiger partial charge on any atom is -0.411 e. The number of rotatable bonds is 8. The first-order valence-electron chi connectivity index (χ1n) is 8.81. The maximum Gasteiger partial charge on any atom is 0.277 e. The zero-order chi connectivity index (χ0) is 20.3. The zero-order valence-electron chi connectivity index (χ0n) is 15.8. The summed E-state index contributed by atoms with van der Waals surface area (Å²) < 4.78 is 7.69. The van der Waals surface area contributed by atoms with Crippen LogP contribution in [0.4, 0.5) is 5.69 Å². The van der Waals surface area contributed by atoms with E-state index in [-0.39, 0.29) is 28.3 Å². The SMILES string of the molecule is CCCn1c(C)cc(C(=O)CSc2nnc(-c3cccc([N+](=O)[O-])c3)o2)c1C. The molecule has 2 heterocycles. The average Bonchev–Trinajstić information content (AvgIpc) is 3.26. The lowest BCUT2D eigenvalue weighted by molar-refractivity contribution is -0.384. The molecule has 0 fully saturated rings. The van der Waals surface area contributed by atoms with Crippen molar-refractivity contribution in [2.75, 3.05) is 5.75 Å².